The monoisotopic (exact) mass is 286 g/mol. The van der Waals surface area contributed by atoms with Crippen molar-refractivity contribution in [1.29, 1.82) is 0 Å². The maximum absolute atomic E-state index is 11.7. The van der Waals surface area contributed by atoms with E-state index in [0.29, 0.717) is 0 Å². The summed E-state index contributed by atoms with van der Waals surface area (Å²) in [6, 6.07) is 0. The van der Waals surface area contributed by atoms with Gasteiger partial charge in [-0.2, -0.15) is 0 Å². The van der Waals surface area contributed by atoms with Gasteiger partial charge >= 0.3 is 5.97 Å². The van der Waals surface area contributed by atoms with Crippen LogP contribution < -0.4 is 0 Å². The minimum absolute atomic E-state index is 0.0410. The molecule has 1 atom stereocenters. The minimum atomic E-state index is -0.0410. The summed E-state index contributed by atoms with van der Waals surface area (Å²) in [5.74, 6) is 0.0426. The van der Waals surface area contributed by atoms with Gasteiger partial charge in [0, 0.05) is 6.61 Å². The fraction of sp³-hybridized carbons (Fsp3) is 0.941. The number of aliphatic hydroxyl groups is 1. The lowest BCUT2D eigenvalue weighted by molar-refractivity contribution is -0.146. The van der Waals surface area contributed by atoms with Crippen molar-refractivity contribution in [2.24, 2.45) is 5.92 Å². The first kappa shape index (κ1) is 19.4. The predicted molar refractivity (Wildman–Crippen MR) is 83.7 cm³/mol. The lowest BCUT2D eigenvalue weighted by Gasteiger charge is -2.14. The minimum Gasteiger partial charge on any atom is -0.469 e. The summed E-state index contributed by atoms with van der Waals surface area (Å²) < 4.78 is 4.91. The molecule has 0 radical (unpaired) electrons. The number of carbonyl (C=O) groups excluding carboxylic acids is 1. The Kier molecular flexibility index (Phi) is 14.4. The van der Waals surface area contributed by atoms with Crippen LogP contribution in [0.4, 0.5) is 0 Å². The van der Waals surface area contributed by atoms with Crippen molar-refractivity contribution >= 4 is 5.97 Å². The molecule has 0 saturated heterocycles. The molecule has 0 rings (SSSR count). The first-order valence-electron chi connectivity index (χ1n) is 8.45. The van der Waals surface area contributed by atoms with Crippen LogP contribution in [0.15, 0.2) is 0 Å². The van der Waals surface area contributed by atoms with E-state index in [1.807, 2.05) is 0 Å². The standard InChI is InChI=1S/C17H34O3/c1-3-4-5-6-7-10-13-16(17(19)20-2)14-11-8-9-12-15-18/h16,18H,3-15H2,1-2H3. The van der Waals surface area contributed by atoms with Crippen LogP contribution in [0.25, 0.3) is 0 Å². The Balaban J connectivity index is 3.71. The Morgan fingerprint density at radius 3 is 1.90 bits per heavy atom. The number of methoxy groups -OCH3 is 1. The normalized spacial score (nSPS) is 12.3. The van der Waals surface area contributed by atoms with Crippen molar-refractivity contribution in [2.75, 3.05) is 13.7 Å². The third-order valence-electron chi connectivity index (χ3n) is 3.90. The average molecular weight is 286 g/mol. The first-order valence-corrected chi connectivity index (χ1v) is 8.45. The van der Waals surface area contributed by atoms with Crippen molar-refractivity contribution in [3.8, 4) is 0 Å². The molecule has 20 heavy (non-hydrogen) atoms. The average Bonchev–Trinajstić information content (AvgIpc) is 2.47. The Morgan fingerprint density at radius 2 is 1.40 bits per heavy atom. The van der Waals surface area contributed by atoms with E-state index in [1.54, 1.807) is 0 Å². The quantitative estimate of drug-likeness (QED) is 0.378. The van der Waals surface area contributed by atoms with Crippen LogP contribution in [0.1, 0.15) is 84.0 Å². The van der Waals surface area contributed by atoms with Gasteiger partial charge in [-0.3, -0.25) is 4.79 Å². The molecule has 1 N–H and O–H groups in total. The van der Waals surface area contributed by atoms with Crippen molar-refractivity contribution < 1.29 is 14.6 Å². The first-order chi connectivity index (χ1) is 9.76. The van der Waals surface area contributed by atoms with Gasteiger partial charge in [0.2, 0.25) is 0 Å². The largest absolute Gasteiger partial charge is 0.469 e. The summed E-state index contributed by atoms with van der Waals surface area (Å²) in [6.45, 7) is 2.50. The van der Waals surface area contributed by atoms with Crippen LogP contribution >= 0.6 is 0 Å². The Bertz CT molecular complexity index is 216. The van der Waals surface area contributed by atoms with Crippen molar-refractivity contribution in [3.63, 3.8) is 0 Å². The molecule has 0 aliphatic rings. The lowest BCUT2D eigenvalue weighted by Crippen LogP contribution is -2.16. The predicted octanol–water partition coefficient (Wildman–Crippen LogP) is 4.47. The lowest BCUT2D eigenvalue weighted by atomic mass is 9.94. The van der Waals surface area contributed by atoms with Gasteiger partial charge in [0.25, 0.3) is 0 Å². The van der Waals surface area contributed by atoms with Crippen LogP contribution in [0, 0.1) is 5.92 Å². The molecule has 3 heteroatoms. The number of hydrogen-bond acceptors (Lipinski definition) is 3. The maximum atomic E-state index is 11.7. The summed E-state index contributed by atoms with van der Waals surface area (Å²) in [4.78, 5) is 11.7. The van der Waals surface area contributed by atoms with Crippen molar-refractivity contribution in [3.05, 3.63) is 0 Å². The molecule has 0 saturated carbocycles. The van der Waals surface area contributed by atoms with E-state index in [9.17, 15) is 4.79 Å². The van der Waals surface area contributed by atoms with Gasteiger partial charge < -0.3 is 9.84 Å². The van der Waals surface area contributed by atoms with E-state index in [4.69, 9.17) is 9.84 Å². The number of carbonyl (C=O) groups is 1. The zero-order valence-corrected chi connectivity index (χ0v) is 13.5. The van der Waals surface area contributed by atoms with Crippen LogP contribution in [-0.2, 0) is 9.53 Å². The van der Waals surface area contributed by atoms with E-state index < -0.39 is 0 Å². The van der Waals surface area contributed by atoms with E-state index >= 15 is 0 Å². The molecule has 0 aliphatic heterocycles. The van der Waals surface area contributed by atoms with Crippen LogP contribution in [0.2, 0.25) is 0 Å². The molecule has 1 unspecified atom stereocenters. The van der Waals surface area contributed by atoms with Crippen molar-refractivity contribution in [2.45, 2.75) is 84.0 Å². The number of rotatable bonds is 14. The molecule has 0 fully saturated rings. The van der Waals surface area contributed by atoms with Crippen molar-refractivity contribution in [1.82, 2.24) is 0 Å². The van der Waals surface area contributed by atoms with Gasteiger partial charge in [0.05, 0.1) is 13.0 Å². The zero-order valence-electron chi connectivity index (χ0n) is 13.5. The Labute approximate surface area is 125 Å². The maximum Gasteiger partial charge on any atom is 0.308 e. The number of esters is 1. The second-order valence-corrected chi connectivity index (χ2v) is 5.70. The molecule has 0 heterocycles. The zero-order chi connectivity index (χ0) is 15.1. The number of unbranched alkanes of at least 4 members (excludes halogenated alkanes) is 8. The van der Waals surface area contributed by atoms with E-state index in [-0.39, 0.29) is 18.5 Å². The second-order valence-electron chi connectivity index (χ2n) is 5.70. The molecular weight excluding hydrogens is 252 g/mol. The molecule has 120 valence electrons. The smallest absolute Gasteiger partial charge is 0.308 e. The summed E-state index contributed by atoms with van der Waals surface area (Å²) in [5.41, 5.74) is 0. The highest BCUT2D eigenvalue weighted by Crippen LogP contribution is 2.20. The highest BCUT2D eigenvalue weighted by molar-refractivity contribution is 5.72. The SMILES string of the molecule is CCCCCCCCC(CCCCCCO)C(=O)OC. The molecule has 0 aromatic heterocycles. The highest BCUT2D eigenvalue weighted by Gasteiger charge is 2.17. The Morgan fingerprint density at radius 1 is 0.900 bits per heavy atom. The van der Waals surface area contributed by atoms with E-state index in [0.717, 1.165) is 44.9 Å². The summed E-state index contributed by atoms with van der Waals surface area (Å²) in [7, 11) is 1.49. The molecule has 3 nitrogen and oxygen atoms in total. The van der Waals surface area contributed by atoms with Gasteiger partial charge in [-0.25, -0.2) is 0 Å². The fourth-order valence-electron chi connectivity index (χ4n) is 2.57. The summed E-state index contributed by atoms with van der Waals surface area (Å²) in [5, 5.41) is 8.73. The second kappa shape index (κ2) is 14.8. The van der Waals surface area contributed by atoms with E-state index in [2.05, 4.69) is 6.92 Å². The van der Waals surface area contributed by atoms with Gasteiger partial charge in [-0.05, 0) is 19.3 Å². The van der Waals surface area contributed by atoms with Gasteiger partial charge in [-0.1, -0.05) is 64.7 Å². The molecular formula is C17H34O3. The molecule has 0 bridgehead atoms. The third-order valence-corrected chi connectivity index (χ3v) is 3.90. The van der Waals surface area contributed by atoms with Crippen LogP contribution in [0.5, 0.6) is 0 Å². The molecule has 0 aromatic rings. The number of hydrogen-bond donors (Lipinski definition) is 1. The number of ether oxygens (including phenoxy) is 1. The van der Waals surface area contributed by atoms with Gasteiger partial charge in [0.1, 0.15) is 0 Å². The highest BCUT2D eigenvalue weighted by atomic mass is 16.5. The third kappa shape index (κ3) is 11.3. The summed E-state index contributed by atoms with van der Waals surface area (Å²) >= 11 is 0. The fourth-order valence-corrected chi connectivity index (χ4v) is 2.57. The molecule has 0 aromatic carbocycles. The summed E-state index contributed by atoms with van der Waals surface area (Å²) in [6.07, 6.45) is 13.6. The van der Waals surface area contributed by atoms with Crippen LogP contribution in [0.3, 0.4) is 0 Å². The Hall–Kier alpha value is -0.570. The van der Waals surface area contributed by atoms with Gasteiger partial charge in [0.15, 0.2) is 0 Å². The number of aliphatic hydroxyl groups excluding tert-OH is 1. The molecule has 0 aliphatic carbocycles. The molecule has 0 spiro atoms. The van der Waals surface area contributed by atoms with Gasteiger partial charge in [-0.15, -0.1) is 0 Å². The molecule has 0 amide bonds. The van der Waals surface area contributed by atoms with E-state index in [1.165, 1.54) is 39.2 Å². The van der Waals surface area contributed by atoms with Crippen LogP contribution in [-0.4, -0.2) is 24.8 Å². The topological polar surface area (TPSA) is 46.5 Å².